The van der Waals surface area contributed by atoms with Crippen molar-refractivity contribution in [2.75, 3.05) is 7.11 Å². The van der Waals surface area contributed by atoms with Crippen LogP contribution in [0.3, 0.4) is 0 Å². The Balaban J connectivity index is 1.70. The van der Waals surface area contributed by atoms with E-state index in [0.29, 0.717) is 17.8 Å². The van der Waals surface area contributed by atoms with Crippen molar-refractivity contribution in [3.63, 3.8) is 0 Å². The molecule has 3 rings (SSSR count). The molecular weight excluding hydrogens is 224 g/mol. The normalized spacial score (nSPS) is 30.8. The topological polar surface area (TPSA) is 74.5 Å². The molecule has 0 radical (unpaired) electrons. The Hall–Kier alpha value is -1.43. The average Bonchev–Trinajstić information content (AvgIpc) is 3.03. The maximum Gasteiger partial charge on any atom is 0.315 e. The number of nitrogens with zero attached hydrogens (tertiary/aromatic N) is 2. The summed E-state index contributed by atoms with van der Waals surface area (Å²) < 4.78 is 15.3. The van der Waals surface area contributed by atoms with Gasteiger partial charge in [-0.2, -0.15) is 4.98 Å². The lowest BCUT2D eigenvalue weighted by Gasteiger charge is -2.13. The number of esters is 1. The van der Waals surface area contributed by atoms with E-state index in [1.54, 1.807) is 0 Å². The fourth-order valence-electron chi connectivity index (χ4n) is 2.60. The van der Waals surface area contributed by atoms with Gasteiger partial charge in [0.05, 0.1) is 25.2 Å². The van der Waals surface area contributed by atoms with E-state index in [1.807, 2.05) is 0 Å². The highest BCUT2D eigenvalue weighted by Crippen LogP contribution is 2.43. The lowest BCUT2D eigenvalue weighted by Crippen LogP contribution is -2.15. The van der Waals surface area contributed by atoms with Crippen molar-refractivity contribution in [1.29, 1.82) is 0 Å². The van der Waals surface area contributed by atoms with Crippen LogP contribution in [0.2, 0.25) is 0 Å². The summed E-state index contributed by atoms with van der Waals surface area (Å²) in [6, 6.07) is 0. The van der Waals surface area contributed by atoms with Gasteiger partial charge in [0.1, 0.15) is 6.42 Å². The summed E-state index contributed by atoms with van der Waals surface area (Å²) in [6.07, 6.45) is 3.77. The van der Waals surface area contributed by atoms with Crippen molar-refractivity contribution in [2.24, 2.45) is 0 Å². The zero-order valence-corrected chi connectivity index (χ0v) is 9.59. The van der Waals surface area contributed by atoms with E-state index in [1.165, 1.54) is 7.11 Å². The summed E-state index contributed by atoms with van der Waals surface area (Å²) >= 11 is 0. The molecule has 0 aliphatic carbocycles. The van der Waals surface area contributed by atoms with E-state index in [9.17, 15) is 4.79 Å². The number of fused-ring (bicyclic) bond motifs is 2. The quantitative estimate of drug-likeness (QED) is 0.726. The van der Waals surface area contributed by atoms with Crippen LogP contribution in [-0.4, -0.2) is 35.4 Å². The van der Waals surface area contributed by atoms with Crippen LogP contribution in [0.15, 0.2) is 4.52 Å². The third-order valence-electron chi connectivity index (χ3n) is 3.44. The lowest BCUT2D eigenvalue weighted by molar-refractivity contribution is -0.140. The first-order chi connectivity index (χ1) is 8.26. The highest BCUT2D eigenvalue weighted by Gasteiger charge is 2.43. The van der Waals surface area contributed by atoms with Crippen molar-refractivity contribution >= 4 is 5.97 Å². The summed E-state index contributed by atoms with van der Waals surface area (Å²) in [6.45, 7) is 0. The van der Waals surface area contributed by atoms with Crippen molar-refractivity contribution in [3.8, 4) is 0 Å². The maximum atomic E-state index is 11.1. The molecule has 2 fully saturated rings. The third-order valence-corrected chi connectivity index (χ3v) is 3.44. The van der Waals surface area contributed by atoms with Crippen LogP contribution < -0.4 is 0 Å². The van der Waals surface area contributed by atoms with Gasteiger partial charge >= 0.3 is 5.97 Å². The van der Waals surface area contributed by atoms with Crippen molar-refractivity contribution < 1.29 is 18.8 Å². The largest absolute Gasteiger partial charge is 0.469 e. The summed E-state index contributed by atoms with van der Waals surface area (Å²) in [4.78, 5) is 15.3. The van der Waals surface area contributed by atoms with Gasteiger partial charge in [-0.25, -0.2) is 0 Å². The maximum absolute atomic E-state index is 11.1. The van der Waals surface area contributed by atoms with Gasteiger partial charge in [-0.05, 0) is 19.3 Å². The minimum Gasteiger partial charge on any atom is -0.469 e. The molecule has 2 aliphatic rings. The molecule has 0 saturated carbocycles. The minimum atomic E-state index is -0.371. The minimum absolute atomic E-state index is 0.0329. The van der Waals surface area contributed by atoms with Gasteiger partial charge in [0.15, 0.2) is 5.82 Å². The molecule has 0 aromatic carbocycles. The lowest BCUT2D eigenvalue weighted by atomic mass is 9.89. The van der Waals surface area contributed by atoms with E-state index < -0.39 is 0 Å². The molecule has 2 bridgehead atoms. The van der Waals surface area contributed by atoms with Crippen LogP contribution in [0.25, 0.3) is 0 Å². The molecule has 92 valence electrons. The summed E-state index contributed by atoms with van der Waals surface area (Å²) in [7, 11) is 1.34. The molecule has 0 spiro atoms. The Morgan fingerprint density at radius 2 is 2.41 bits per heavy atom. The number of ether oxygens (including phenoxy) is 2. The van der Waals surface area contributed by atoms with Gasteiger partial charge in [-0.3, -0.25) is 4.79 Å². The molecule has 3 unspecified atom stereocenters. The fraction of sp³-hybridized carbons (Fsp3) is 0.727. The monoisotopic (exact) mass is 238 g/mol. The van der Waals surface area contributed by atoms with Gasteiger partial charge in [-0.1, -0.05) is 5.16 Å². The van der Waals surface area contributed by atoms with Crippen molar-refractivity contribution in [2.45, 2.75) is 43.8 Å². The first-order valence-electron chi connectivity index (χ1n) is 5.81. The second kappa shape index (κ2) is 4.10. The molecule has 2 aliphatic heterocycles. The van der Waals surface area contributed by atoms with Crippen molar-refractivity contribution in [3.05, 3.63) is 11.7 Å². The van der Waals surface area contributed by atoms with E-state index >= 15 is 0 Å². The third kappa shape index (κ3) is 1.93. The van der Waals surface area contributed by atoms with Crippen LogP contribution in [0.1, 0.15) is 36.9 Å². The molecule has 17 heavy (non-hydrogen) atoms. The molecule has 3 heterocycles. The second-order valence-electron chi connectivity index (χ2n) is 4.52. The van der Waals surface area contributed by atoms with E-state index in [2.05, 4.69) is 14.9 Å². The first-order valence-corrected chi connectivity index (χ1v) is 5.81. The van der Waals surface area contributed by atoms with Crippen LogP contribution in [-0.2, 0) is 20.7 Å². The number of carbonyl (C=O) groups is 1. The van der Waals surface area contributed by atoms with Crippen LogP contribution in [0.4, 0.5) is 0 Å². The molecular formula is C11H14N2O4. The van der Waals surface area contributed by atoms with Gasteiger partial charge < -0.3 is 14.0 Å². The Labute approximate surface area is 98.3 Å². The molecule has 0 amide bonds. The molecule has 2 saturated heterocycles. The van der Waals surface area contributed by atoms with Gasteiger partial charge in [-0.15, -0.1) is 0 Å². The van der Waals surface area contributed by atoms with Crippen LogP contribution in [0, 0.1) is 0 Å². The highest BCUT2D eigenvalue weighted by molar-refractivity contribution is 5.71. The molecule has 6 nitrogen and oxygen atoms in total. The Bertz CT molecular complexity index is 431. The summed E-state index contributed by atoms with van der Waals surface area (Å²) in [5, 5.41) is 3.93. The summed E-state index contributed by atoms with van der Waals surface area (Å²) in [5.74, 6) is 0.832. The summed E-state index contributed by atoms with van der Waals surface area (Å²) in [5.41, 5.74) is 0. The predicted molar refractivity (Wildman–Crippen MR) is 55.3 cm³/mol. The standard InChI is InChI=1S/C11H14N2O4/c1-15-10(14)5-9-12-11(13-17-9)7-4-6-2-3-8(7)16-6/h6-8H,2-5H2,1H3. The van der Waals surface area contributed by atoms with Gasteiger partial charge in [0, 0.05) is 0 Å². The Kier molecular flexibility index (Phi) is 2.58. The number of hydrogen-bond donors (Lipinski definition) is 0. The average molecular weight is 238 g/mol. The number of aromatic nitrogens is 2. The van der Waals surface area contributed by atoms with Crippen molar-refractivity contribution in [1.82, 2.24) is 10.1 Å². The molecule has 1 aromatic rings. The Morgan fingerprint density at radius 1 is 1.53 bits per heavy atom. The molecule has 1 aromatic heterocycles. The number of methoxy groups -OCH3 is 1. The predicted octanol–water partition coefficient (Wildman–Crippen LogP) is 0.820. The Morgan fingerprint density at radius 3 is 3.06 bits per heavy atom. The number of rotatable bonds is 3. The second-order valence-corrected chi connectivity index (χ2v) is 4.52. The van der Waals surface area contributed by atoms with E-state index in [0.717, 1.165) is 19.3 Å². The SMILES string of the molecule is COC(=O)Cc1nc(C2CC3CCC2O3)no1. The van der Waals surface area contributed by atoms with Gasteiger partial charge in [0.2, 0.25) is 5.89 Å². The highest BCUT2D eigenvalue weighted by atomic mass is 16.5. The fourth-order valence-corrected chi connectivity index (χ4v) is 2.60. The van der Waals surface area contributed by atoms with Crippen LogP contribution in [0.5, 0.6) is 0 Å². The van der Waals surface area contributed by atoms with E-state index in [4.69, 9.17) is 9.26 Å². The first kappa shape index (κ1) is 10.7. The molecule has 0 N–H and O–H groups in total. The van der Waals surface area contributed by atoms with Gasteiger partial charge in [0.25, 0.3) is 0 Å². The number of hydrogen-bond acceptors (Lipinski definition) is 6. The zero-order valence-electron chi connectivity index (χ0n) is 9.59. The zero-order chi connectivity index (χ0) is 11.8. The smallest absolute Gasteiger partial charge is 0.315 e. The molecule has 6 heteroatoms. The van der Waals surface area contributed by atoms with Crippen LogP contribution >= 0.6 is 0 Å². The number of carbonyl (C=O) groups excluding carboxylic acids is 1. The van der Waals surface area contributed by atoms with E-state index in [-0.39, 0.29) is 24.4 Å². The molecule has 3 atom stereocenters.